The first-order valence-corrected chi connectivity index (χ1v) is 5.81. The number of likely N-dealkylation sites (N-methyl/N-ethyl adjacent to an activating group) is 1. The zero-order chi connectivity index (χ0) is 8.77. The zero-order valence-electron chi connectivity index (χ0n) is 7.56. The molecule has 0 bridgehead atoms. The van der Waals surface area contributed by atoms with Crippen LogP contribution in [-0.4, -0.2) is 44.2 Å². The van der Waals surface area contributed by atoms with E-state index < -0.39 is 10.0 Å². The Morgan fingerprint density at radius 1 is 1.31 bits per heavy atom. The fourth-order valence-electron chi connectivity index (χ4n) is 1.41. The lowest BCUT2D eigenvalue weighted by molar-refractivity contribution is 0.236. The van der Waals surface area contributed by atoms with Crippen LogP contribution in [0.15, 0.2) is 0 Å². The van der Waals surface area contributed by atoms with Crippen molar-refractivity contribution < 1.29 is 8.42 Å². The Balaban J connectivity index is 0.000000845. The number of nitrogens with zero attached hydrogens (tertiary/aromatic N) is 1. The highest BCUT2D eigenvalue weighted by atomic mass is 35.5. The van der Waals surface area contributed by atoms with Gasteiger partial charge in [0.2, 0.25) is 10.0 Å². The van der Waals surface area contributed by atoms with Crippen LogP contribution in [0.2, 0.25) is 0 Å². The van der Waals surface area contributed by atoms with E-state index in [-0.39, 0.29) is 17.7 Å². The Morgan fingerprint density at radius 2 is 1.85 bits per heavy atom. The van der Waals surface area contributed by atoms with Crippen LogP contribution in [0.1, 0.15) is 12.8 Å². The molecule has 2 aliphatic rings. The summed E-state index contributed by atoms with van der Waals surface area (Å²) in [6, 6.07) is 0.374. The molecule has 1 aliphatic heterocycles. The minimum atomic E-state index is -2.88. The van der Waals surface area contributed by atoms with Gasteiger partial charge in [-0.2, -0.15) is 4.31 Å². The fourth-order valence-corrected chi connectivity index (χ4v) is 3.33. The van der Waals surface area contributed by atoms with Gasteiger partial charge in [-0.1, -0.05) is 0 Å². The van der Waals surface area contributed by atoms with Gasteiger partial charge in [0.05, 0.1) is 5.25 Å². The van der Waals surface area contributed by atoms with Crippen LogP contribution in [-0.2, 0) is 10.0 Å². The first-order valence-electron chi connectivity index (χ1n) is 4.31. The molecule has 13 heavy (non-hydrogen) atoms. The van der Waals surface area contributed by atoms with E-state index in [1.54, 1.807) is 4.31 Å². The first-order chi connectivity index (χ1) is 5.64. The topological polar surface area (TPSA) is 49.4 Å². The molecule has 2 rings (SSSR count). The third kappa shape index (κ3) is 1.98. The van der Waals surface area contributed by atoms with Crippen LogP contribution in [0.5, 0.6) is 0 Å². The molecule has 2 fully saturated rings. The van der Waals surface area contributed by atoms with Crippen LogP contribution in [0, 0.1) is 0 Å². The van der Waals surface area contributed by atoms with Crippen molar-refractivity contribution in [3.05, 3.63) is 0 Å². The summed E-state index contributed by atoms with van der Waals surface area (Å²) in [6.07, 6.45) is 1.73. The number of halogens is 1. The molecule has 0 aromatic rings. The van der Waals surface area contributed by atoms with Gasteiger partial charge in [0.1, 0.15) is 0 Å². The second-order valence-corrected chi connectivity index (χ2v) is 5.76. The molecule has 0 radical (unpaired) electrons. The summed E-state index contributed by atoms with van der Waals surface area (Å²) in [5.74, 6) is 0. The average molecular weight is 227 g/mol. The van der Waals surface area contributed by atoms with Crippen molar-refractivity contribution in [1.29, 1.82) is 0 Å². The molecule has 6 heteroatoms. The van der Waals surface area contributed by atoms with Crippen LogP contribution in [0.3, 0.4) is 0 Å². The third-order valence-corrected chi connectivity index (χ3v) is 4.89. The van der Waals surface area contributed by atoms with Crippen molar-refractivity contribution in [2.45, 2.75) is 24.1 Å². The van der Waals surface area contributed by atoms with E-state index in [9.17, 15) is 8.42 Å². The minimum Gasteiger partial charge on any atom is -0.314 e. The molecule has 0 amide bonds. The van der Waals surface area contributed by atoms with Crippen molar-refractivity contribution in [1.82, 2.24) is 9.62 Å². The SMILES string of the molecule is CNC1CN(S(=O)(=O)C2CC2)C1.Cl. The zero-order valence-corrected chi connectivity index (χ0v) is 9.20. The van der Waals surface area contributed by atoms with Gasteiger partial charge in [-0.15, -0.1) is 12.4 Å². The molecular weight excluding hydrogens is 212 g/mol. The Hall–Kier alpha value is 0.160. The standard InChI is InChI=1S/C7H14N2O2S.ClH/c1-8-6-4-9(5-6)12(10,11)7-2-3-7;/h6-8H,2-5H2,1H3;1H. The second kappa shape index (κ2) is 3.73. The average Bonchev–Trinajstić information content (AvgIpc) is 2.63. The normalized spacial score (nSPS) is 25.0. The van der Waals surface area contributed by atoms with Gasteiger partial charge >= 0.3 is 0 Å². The quantitative estimate of drug-likeness (QED) is 0.726. The summed E-state index contributed by atoms with van der Waals surface area (Å²) in [5, 5.41) is 3.01. The maximum absolute atomic E-state index is 11.5. The summed E-state index contributed by atoms with van der Waals surface area (Å²) in [6.45, 7) is 1.32. The summed E-state index contributed by atoms with van der Waals surface area (Å²) < 4.78 is 24.7. The molecule has 0 aromatic carbocycles. The molecule has 4 nitrogen and oxygen atoms in total. The number of rotatable bonds is 3. The predicted octanol–water partition coefficient (Wildman–Crippen LogP) is -0.196. The maximum Gasteiger partial charge on any atom is 0.217 e. The molecule has 0 aromatic heterocycles. The second-order valence-electron chi connectivity index (χ2n) is 3.55. The van der Waals surface area contributed by atoms with Crippen molar-refractivity contribution in [2.24, 2.45) is 0 Å². The van der Waals surface area contributed by atoms with Gasteiger partial charge in [0.15, 0.2) is 0 Å². The maximum atomic E-state index is 11.5. The smallest absolute Gasteiger partial charge is 0.217 e. The van der Waals surface area contributed by atoms with Crippen molar-refractivity contribution in [3.8, 4) is 0 Å². The molecule has 1 heterocycles. The molecule has 1 saturated heterocycles. The van der Waals surface area contributed by atoms with E-state index >= 15 is 0 Å². The molecular formula is C7H15ClN2O2S. The lowest BCUT2D eigenvalue weighted by Gasteiger charge is -2.37. The van der Waals surface area contributed by atoms with Gasteiger partial charge in [0, 0.05) is 19.1 Å². The Labute approximate surface area is 85.1 Å². The summed E-state index contributed by atoms with van der Waals surface area (Å²) in [4.78, 5) is 0. The van der Waals surface area contributed by atoms with Gasteiger partial charge in [-0.25, -0.2) is 8.42 Å². The van der Waals surface area contributed by atoms with Gasteiger partial charge in [0.25, 0.3) is 0 Å². The van der Waals surface area contributed by atoms with Crippen LogP contribution in [0.25, 0.3) is 0 Å². The van der Waals surface area contributed by atoms with E-state index in [4.69, 9.17) is 0 Å². The Morgan fingerprint density at radius 3 is 2.23 bits per heavy atom. The minimum absolute atomic E-state index is 0. The lowest BCUT2D eigenvalue weighted by atomic mass is 10.2. The van der Waals surface area contributed by atoms with Gasteiger partial charge in [-0.05, 0) is 19.9 Å². The number of hydrogen-bond acceptors (Lipinski definition) is 3. The van der Waals surface area contributed by atoms with Crippen LogP contribution in [0.4, 0.5) is 0 Å². The van der Waals surface area contributed by atoms with Crippen LogP contribution < -0.4 is 5.32 Å². The van der Waals surface area contributed by atoms with Gasteiger partial charge < -0.3 is 5.32 Å². The Kier molecular flexibility index (Phi) is 3.22. The van der Waals surface area contributed by atoms with E-state index in [1.807, 2.05) is 7.05 Å². The van der Waals surface area contributed by atoms with Crippen molar-refractivity contribution >= 4 is 22.4 Å². The largest absolute Gasteiger partial charge is 0.314 e. The van der Waals surface area contributed by atoms with E-state index in [0.717, 1.165) is 12.8 Å². The highest BCUT2D eigenvalue weighted by molar-refractivity contribution is 7.90. The molecule has 0 atom stereocenters. The van der Waals surface area contributed by atoms with Gasteiger partial charge in [-0.3, -0.25) is 0 Å². The Bertz CT molecular complexity index is 270. The molecule has 78 valence electrons. The van der Waals surface area contributed by atoms with E-state index in [2.05, 4.69) is 5.32 Å². The summed E-state index contributed by atoms with van der Waals surface area (Å²) in [7, 11) is -1.01. The highest BCUT2D eigenvalue weighted by Gasteiger charge is 2.44. The first kappa shape index (κ1) is 11.2. The van der Waals surface area contributed by atoms with Crippen molar-refractivity contribution in [3.63, 3.8) is 0 Å². The van der Waals surface area contributed by atoms with Crippen molar-refractivity contribution in [2.75, 3.05) is 20.1 Å². The number of sulfonamides is 1. The van der Waals surface area contributed by atoms with E-state index in [1.165, 1.54) is 0 Å². The third-order valence-electron chi connectivity index (χ3n) is 2.56. The molecule has 1 aliphatic carbocycles. The summed E-state index contributed by atoms with van der Waals surface area (Å²) in [5.41, 5.74) is 0. The molecule has 0 unspecified atom stereocenters. The molecule has 1 N–H and O–H groups in total. The monoisotopic (exact) mass is 226 g/mol. The molecule has 1 saturated carbocycles. The number of nitrogens with one attached hydrogen (secondary N) is 1. The number of hydrogen-bond donors (Lipinski definition) is 1. The molecule has 0 spiro atoms. The lowest BCUT2D eigenvalue weighted by Crippen LogP contribution is -2.59. The van der Waals surface area contributed by atoms with E-state index in [0.29, 0.717) is 19.1 Å². The fraction of sp³-hybridized carbons (Fsp3) is 1.00. The predicted molar refractivity (Wildman–Crippen MR) is 53.6 cm³/mol. The highest BCUT2D eigenvalue weighted by Crippen LogP contribution is 2.32. The van der Waals surface area contributed by atoms with Crippen LogP contribution >= 0.6 is 12.4 Å². The summed E-state index contributed by atoms with van der Waals surface area (Å²) >= 11 is 0.